The summed E-state index contributed by atoms with van der Waals surface area (Å²) in [5.41, 5.74) is 0.967. The maximum absolute atomic E-state index is 13.4. The van der Waals surface area contributed by atoms with Crippen molar-refractivity contribution >= 4 is 52.3 Å². The molecule has 1 saturated heterocycles. The molecule has 4 rings (SSSR count). The first-order chi connectivity index (χ1) is 17.3. The van der Waals surface area contributed by atoms with Crippen molar-refractivity contribution in [2.45, 2.75) is 6.04 Å². The van der Waals surface area contributed by atoms with Crippen molar-refractivity contribution in [3.05, 3.63) is 112 Å². The minimum absolute atomic E-state index is 0.106. The summed E-state index contributed by atoms with van der Waals surface area (Å²) in [4.78, 5) is 38.7. The van der Waals surface area contributed by atoms with Crippen molar-refractivity contribution in [2.24, 2.45) is 0 Å². The highest BCUT2D eigenvalue weighted by atomic mass is 35.5. The molecule has 1 unspecified atom stereocenters. The first kappa shape index (κ1) is 25.0. The van der Waals surface area contributed by atoms with Crippen LogP contribution in [0.25, 0.3) is 5.76 Å². The third-order valence-corrected chi connectivity index (χ3v) is 5.94. The highest BCUT2D eigenvalue weighted by molar-refractivity contribution is 6.52. The number of halogens is 2. The van der Waals surface area contributed by atoms with Crippen LogP contribution in [0.4, 0.5) is 5.69 Å². The molecule has 0 radical (unpaired) electrons. The Bertz CT molecular complexity index is 1380. The molecule has 1 aliphatic heterocycles. The van der Waals surface area contributed by atoms with Crippen LogP contribution in [-0.4, -0.2) is 34.5 Å². The molecule has 2 N–H and O–H groups in total. The van der Waals surface area contributed by atoms with Gasteiger partial charge in [-0.3, -0.25) is 14.5 Å². The van der Waals surface area contributed by atoms with Crippen LogP contribution >= 0.6 is 23.2 Å². The van der Waals surface area contributed by atoms with Crippen LogP contribution in [0.5, 0.6) is 5.75 Å². The van der Waals surface area contributed by atoms with E-state index in [0.29, 0.717) is 16.1 Å². The number of carbonyl (C=O) groups is 3. The molecule has 0 aromatic heterocycles. The van der Waals surface area contributed by atoms with Crippen LogP contribution in [0, 0.1) is 0 Å². The van der Waals surface area contributed by atoms with Crippen molar-refractivity contribution in [3.8, 4) is 5.75 Å². The fourth-order valence-corrected chi connectivity index (χ4v) is 4.17. The summed E-state index contributed by atoms with van der Waals surface area (Å²) < 4.78 is 5.71. The second-order valence-corrected chi connectivity index (χ2v) is 8.62. The van der Waals surface area contributed by atoms with E-state index in [0.717, 1.165) is 6.08 Å². The van der Waals surface area contributed by atoms with Gasteiger partial charge in [-0.25, -0.2) is 4.79 Å². The third kappa shape index (κ3) is 5.12. The highest BCUT2D eigenvalue weighted by Gasteiger charge is 2.47. The number of hydrogen-bond acceptors (Lipinski definition) is 5. The Kier molecular flexibility index (Phi) is 7.43. The molecule has 0 spiro atoms. The second kappa shape index (κ2) is 10.7. The first-order valence-corrected chi connectivity index (χ1v) is 11.5. The zero-order valence-electron chi connectivity index (χ0n) is 18.6. The van der Waals surface area contributed by atoms with E-state index in [2.05, 4.69) is 0 Å². The van der Waals surface area contributed by atoms with Crippen molar-refractivity contribution in [1.29, 1.82) is 0 Å². The van der Waals surface area contributed by atoms with Crippen LogP contribution in [0.1, 0.15) is 17.2 Å². The van der Waals surface area contributed by atoms with E-state index in [1.165, 1.54) is 23.1 Å². The Morgan fingerprint density at radius 1 is 0.944 bits per heavy atom. The minimum atomic E-state index is -1.13. The van der Waals surface area contributed by atoms with Gasteiger partial charge in [0.1, 0.15) is 18.1 Å². The molecule has 1 atom stereocenters. The van der Waals surface area contributed by atoms with E-state index in [-0.39, 0.29) is 34.4 Å². The summed E-state index contributed by atoms with van der Waals surface area (Å²) in [6.07, 6.45) is 2.22. The summed E-state index contributed by atoms with van der Waals surface area (Å²) in [5, 5.41) is 20.7. The molecule has 36 heavy (non-hydrogen) atoms. The average molecular weight is 524 g/mol. The number of anilines is 1. The number of Topliss-reactive ketones (excluding diaryl/α,β-unsaturated/α-hetero) is 1. The predicted molar refractivity (Wildman–Crippen MR) is 136 cm³/mol. The molecule has 0 saturated carbocycles. The molecule has 1 fully saturated rings. The predicted octanol–water partition coefficient (Wildman–Crippen LogP) is 5.64. The molecule has 3 aromatic rings. The Hall–Kier alpha value is -4.07. The number of aliphatic hydroxyl groups is 1. The van der Waals surface area contributed by atoms with Gasteiger partial charge in [0, 0.05) is 21.7 Å². The molecule has 1 amide bonds. The zero-order chi connectivity index (χ0) is 25.8. The van der Waals surface area contributed by atoms with Gasteiger partial charge in [-0.2, -0.15) is 0 Å². The number of carboxylic acid groups (broad SMARTS) is 1. The lowest BCUT2D eigenvalue weighted by Gasteiger charge is -2.27. The number of hydrogen-bond donors (Lipinski definition) is 2. The number of ether oxygens (including phenoxy) is 1. The van der Waals surface area contributed by atoms with Gasteiger partial charge >= 0.3 is 5.97 Å². The van der Waals surface area contributed by atoms with Crippen LogP contribution in [0.2, 0.25) is 10.0 Å². The number of amides is 1. The Morgan fingerprint density at radius 3 is 2.28 bits per heavy atom. The quantitative estimate of drug-likeness (QED) is 0.236. The largest absolute Gasteiger partial charge is 0.507 e. The molecule has 9 heteroatoms. The first-order valence-electron chi connectivity index (χ1n) is 10.7. The Morgan fingerprint density at radius 2 is 1.61 bits per heavy atom. The van der Waals surface area contributed by atoms with Crippen LogP contribution in [0.3, 0.4) is 0 Å². The average Bonchev–Trinajstić information content (AvgIpc) is 3.13. The van der Waals surface area contributed by atoms with Gasteiger partial charge in [0.05, 0.1) is 17.3 Å². The van der Waals surface area contributed by atoms with Crippen molar-refractivity contribution in [2.75, 3.05) is 11.5 Å². The number of rotatable bonds is 7. The monoisotopic (exact) mass is 523 g/mol. The van der Waals surface area contributed by atoms with Crippen LogP contribution in [0.15, 0.2) is 90.5 Å². The summed E-state index contributed by atoms with van der Waals surface area (Å²) in [6.45, 7) is -0.111. The van der Waals surface area contributed by atoms with Gasteiger partial charge in [0.2, 0.25) is 0 Å². The fourth-order valence-electron chi connectivity index (χ4n) is 3.88. The Labute approximate surface area is 216 Å². The summed E-state index contributed by atoms with van der Waals surface area (Å²) in [5.74, 6) is -3.04. The number of carboxylic acids is 1. The molecule has 0 bridgehead atoms. The van der Waals surface area contributed by atoms with Gasteiger partial charge in [-0.1, -0.05) is 65.7 Å². The van der Waals surface area contributed by atoms with Gasteiger partial charge in [-0.05, 0) is 42.0 Å². The molecule has 7 nitrogen and oxygen atoms in total. The minimum Gasteiger partial charge on any atom is -0.507 e. The van der Waals surface area contributed by atoms with E-state index >= 15 is 0 Å². The van der Waals surface area contributed by atoms with E-state index < -0.39 is 23.7 Å². The van der Waals surface area contributed by atoms with Crippen molar-refractivity contribution in [1.82, 2.24) is 0 Å². The summed E-state index contributed by atoms with van der Waals surface area (Å²) in [6, 6.07) is 18.5. The van der Waals surface area contributed by atoms with Gasteiger partial charge in [-0.15, -0.1) is 0 Å². The van der Waals surface area contributed by atoms with Crippen LogP contribution in [-0.2, 0) is 14.4 Å². The smallest absolute Gasteiger partial charge is 0.328 e. The maximum Gasteiger partial charge on any atom is 0.328 e. The van der Waals surface area contributed by atoms with Crippen molar-refractivity contribution in [3.63, 3.8) is 0 Å². The van der Waals surface area contributed by atoms with Gasteiger partial charge in [0.25, 0.3) is 11.7 Å². The number of aliphatic carboxylic acids is 1. The second-order valence-electron chi connectivity index (χ2n) is 7.75. The molecular weight excluding hydrogens is 505 g/mol. The molecule has 1 aliphatic rings. The number of benzene rings is 3. The van der Waals surface area contributed by atoms with Crippen molar-refractivity contribution < 1.29 is 29.3 Å². The highest BCUT2D eigenvalue weighted by Crippen LogP contribution is 2.45. The standard InChI is InChI=1S/C27H19Cl2NO6/c28-18-10-8-16(9-11-18)24-23(25(33)17-5-2-1-3-6-17)26(34)27(35)30(24)20-15-19(29)12-13-21(20)36-14-4-7-22(31)32/h1-13,15,24,33H,14H2,(H,31,32). The van der Waals surface area contributed by atoms with Gasteiger partial charge in [0.15, 0.2) is 0 Å². The lowest BCUT2D eigenvalue weighted by molar-refractivity contribution is -0.132. The number of aliphatic hydroxyl groups excluding tert-OH is 1. The summed E-state index contributed by atoms with van der Waals surface area (Å²) >= 11 is 12.3. The maximum atomic E-state index is 13.4. The molecule has 3 aromatic carbocycles. The topological polar surface area (TPSA) is 104 Å². The number of carbonyl (C=O) groups excluding carboxylic acids is 2. The lowest BCUT2D eigenvalue weighted by Crippen LogP contribution is -2.30. The van der Waals surface area contributed by atoms with E-state index in [9.17, 15) is 19.5 Å². The normalized spacial score (nSPS) is 17.1. The fraction of sp³-hybridized carbons (Fsp3) is 0.0741. The van der Waals surface area contributed by atoms with E-state index in [1.54, 1.807) is 60.7 Å². The van der Waals surface area contributed by atoms with E-state index in [4.69, 9.17) is 33.0 Å². The third-order valence-electron chi connectivity index (χ3n) is 5.45. The van der Waals surface area contributed by atoms with E-state index in [1.807, 2.05) is 0 Å². The molecule has 1 heterocycles. The molecule has 0 aliphatic carbocycles. The summed E-state index contributed by atoms with van der Waals surface area (Å²) in [7, 11) is 0. The number of nitrogens with zero attached hydrogens (tertiary/aromatic N) is 1. The molecule has 182 valence electrons. The number of ketones is 1. The molecular formula is C27H19Cl2NO6. The zero-order valence-corrected chi connectivity index (χ0v) is 20.1. The lowest BCUT2D eigenvalue weighted by atomic mass is 9.95. The van der Waals surface area contributed by atoms with Gasteiger partial charge < -0.3 is 14.9 Å². The van der Waals surface area contributed by atoms with Crippen LogP contribution < -0.4 is 9.64 Å². The SMILES string of the molecule is O=C(O)C=CCOc1ccc(Cl)cc1N1C(=O)C(=O)C(=C(O)c2ccccc2)C1c1ccc(Cl)cc1. The Balaban J connectivity index is 1.89.